The molecule has 0 aliphatic carbocycles. The quantitative estimate of drug-likeness (QED) is 0.809. The van der Waals surface area contributed by atoms with Crippen LogP contribution in [-0.4, -0.2) is 36.4 Å². The Hall–Kier alpha value is -1.89. The summed E-state index contributed by atoms with van der Waals surface area (Å²) in [7, 11) is -3.77. The molecule has 1 aromatic carbocycles. The molecule has 0 radical (unpaired) electrons. The van der Waals surface area contributed by atoms with Crippen LogP contribution in [0.5, 0.6) is 0 Å². The standard InChI is InChI=1S/C12H15NO5S/c1-9(7-12(15)16)19(17,18)8-11(14)13-10-5-3-2-4-6-10/h2-6,9H,7-8H2,1H3,(H,13,14)(H,15,16). The van der Waals surface area contributed by atoms with Crippen LogP contribution in [0.1, 0.15) is 13.3 Å². The number of sulfone groups is 1. The summed E-state index contributed by atoms with van der Waals surface area (Å²) in [5, 5.41) is 9.90. The van der Waals surface area contributed by atoms with E-state index >= 15 is 0 Å². The number of aliphatic carboxylic acids is 1. The molecule has 1 atom stereocenters. The summed E-state index contributed by atoms with van der Waals surface area (Å²) in [6.07, 6.45) is -0.513. The van der Waals surface area contributed by atoms with E-state index < -0.39 is 39.1 Å². The van der Waals surface area contributed by atoms with Gasteiger partial charge in [-0.25, -0.2) is 8.42 Å². The summed E-state index contributed by atoms with van der Waals surface area (Å²) < 4.78 is 23.5. The van der Waals surface area contributed by atoms with Crippen LogP contribution in [0.15, 0.2) is 30.3 Å². The summed E-state index contributed by atoms with van der Waals surface area (Å²) in [6, 6.07) is 8.44. The highest BCUT2D eigenvalue weighted by Gasteiger charge is 2.26. The van der Waals surface area contributed by atoms with Gasteiger partial charge >= 0.3 is 5.97 Å². The fourth-order valence-corrected chi connectivity index (χ4v) is 2.54. The van der Waals surface area contributed by atoms with E-state index in [9.17, 15) is 18.0 Å². The summed E-state index contributed by atoms with van der Waals surface area (Å²) in [4.78, 5) is 22.0. The Morgan fingerprint density at radius 3 is 2.37 bits per heavy atom. The van der Waals surface area contributed by atoms with Crippen molar-refractivity contribution in [1.29, 1.82) is 0 Å². The fraction of sp³-hybridized carbons (Fsp3) is 0.333. The Kier molecular flexibility index (Phi) is 5.05. The number of carboxylic acids is 1. The van der Waals surface area contributed by atoms with E-state index in [4.69, 9.17) is 5.11 Å². The molecule has 0 aliphatic heterocycles. The highest BCUT2D eigenvalue weighted by Crippen LogP contribution is 2.09. The van der Waals surface area contributed by atoms with E-state index in [0.29, 0.717) is 5.69 Å². The minimum absolute atomic E-state index is 0.494. The van der Waals surface area contributed by atoms with Crippen LogP contribution in [0, 0.1) is 0 Å². The van der Waals surface area contributed by atoms with Crippen molar-refractivity contribution in [3.05, 3.63) is 30.3 Å². The second-order valence-corrected chi connectivity index (χ2v) is 6.55. The monoisotopic (exact) mass is 285 g/mol. The molecule has 1 amide bonds. The molecule has 7 heteroatoms. The second kappa shape index (κ2) is 6.33. The number of nitrogens with one attached hydrogen (secondary N) is 1. The largest absolute Gasteiger partial charge is 0.481 e. The average molecular weight is 285 g/mol. The number of rotatable bonds is 6. The Bertz CT molecular complexity index is 553. The molecule has 104 valence electrons. The number of hydrogen-bond donors (Lipinski definition) is 2. The number of para-hydroxylation sites is 1. The Balaban J connectivity index is 2.63. The van der Waals surface area contributed by atoms with Crippen molar-refractivity contribution in [3.8, 4) is 0 Å². The topological polar surface area (TPSA) is 101 Å². The lowest BCUT2D eigenvalue weighted by molar-refractivity contribution is -0.137. The van der Waals surface area contributed by atoms with Gasteiger partial charge in [0.25, 0.3) is 0 Å². The normalized spacial score (nSPS) is 12.7. The molecule has 1 rings (SSSR count). The molecular formula is C12H15NO5S. The van der Waals surface area contributed by atoms with Gasteiger partial charge in [0.2, 0.25) is 5.91 Å². The zero-order valence-corrected chi connectivity index (χ0v) is 11.2. The van der Waals surface area contributed by atoms with Gasteiger partial charge in [-0.1, -0.05) is 18.2 Å². The molecular weight excluding hydrogens is 270 g/mol. The fourth-order valence-electron chi connectivity index (χ4n) is 1.42. The van der Waals surface area contributed by atoms with Gasteiger partial charge in [0, 0.05) is 5.69 Å². The molecule has 0 saturated carbocycles. The van der Waals surface area contributed by atoms with Crippen molar-refractivity contribution in [1.82, 2.24) is 0 Å². The third kappa shape index (κ3) is 5.09. The first-order valence-electron chi connectivity index (χ1n) is 5.59. The molecule has 1 unspecified atom stereocenters. The van der Waals surface area contributed by atoms with E-state index in [1.807, 2.05) is 0 Å². The third-order valence-corrected chi connectivity index (χ3v) is 4.52. The van der Waals surface area contributed by atoms with Crippen molar-refractivity contribution < 1.29 is 23.1 Å². The van der Waals surface area contributed by atoms with Crippen molar-refractivity contribution in [2.75, 3.05) is 11.1 Å². The number of anilines is 1. The smallest absolute Gasteiger partial charge is 0.304 e. The maximum atomic E-state index is 11.7. The molecule has 0 aromatic heterocycles. The number of hydrogen-bond acceptors (Lipinski definition) is 4. The Morgan fingerprint density at radius 1 is 1.26 bits per heavy atom. The zero-order chi connectivity index (χ0) is 14.5. The van der Waals surface area contributed by atoms with Crippen LogP contribution in [-0.2, 0) is 19.4 Å². The lowest BCUT2D eigenvalue weighted by atomic mass is 10.3. The summed E-state index contributed by atoms with van der Waals surface area (Å²) >= 11 is 0. The maximum absolute atomic E-state index is 11.7. The van der Waals surface area contributed by atoms with E-state index in [1.165, 1.54) is 6.92 Å². The molecule has 2 N–H and O–H groups in total. The summed E-state index contributed by atoms with van der Waals surface area (Å²) in [5.41, 5.74) is 0.494. The highest BCUT2D eigenvalue weighted by atomic mass is 32.2. The van der Waals surface area contributed by atoms with Crippen LogP contribution < -0.4 is 5.32 Å². The molecule has 0 aliphatic rings. The van der Waals surface area contributed by atoms with Crippen molar-refractivity contribution in [2.24, 2.45) is 0 Å². The Morgan fingerprint density at radius 2 is 1.84 bits per heavy atom. The van der Waals surface area contributed by atoms with Crippen molar-refractivity contribution >= 4 is 27.4 Å². The van der Waals surface area contributed by atoms with E-state index in [0.717, 1.165) is 0 Å². The van der Waals surface area contributed by atoms with Crippen LogP contribution in [0.25, 0.3) is 0 Å². The minimum atomic E-state index is -3.77. The molecule has 0 heterocycles. The average Bonchev–Trinajstić information content (AvgIpc) is 2.28. The molecule has 19 heavy (non-hydrogen) atoms. The van der Waals surface area contributed by atoms with Crippen LogP contribution >= 0.6 is 0 Å². The lowest BCUT2D eigenvalue weighted by Gasteiger charge is -2.10. The Labute approximate surface area is 111 Å². The van der Waals surface area contributed by atoms with Crippen molar-refractivity contribution in [2.45, 2.75) is 18.6 Å². The van der Waals surface area contributed by atoms with Crippen LogP contribution in [0.4, 0.5) is 5.69 Å². The number of benzene rings is 1. The minimum Gasteiger partial charge on any atom is -0.481 e. The molecule has 0 saturated heterocycles. The molecule has 0 spiro atoms. The predicted molar refractivity (Wildman–Crippen MR) is 70.6 cm³/mol. The SMILES string of the molecule is CC(CC(=O)O)S(=O)(=O)CC(=O)Nc1ccccc1. The van der Waals surface area contributed by atoms with Gasteiger partial charge in [0.15, 0.2) is 9.84 Å². The number of carboxylic acid groups (broad SMARTS) is 1. The van der Waals surface area contributed by atoms with Crippen LogP contribution in [0.3, 0.4) is 0 Å². The van der Waals surface area contributed by atoms with Gasteiger partial charge in [0.1, 0.15) is 5.75 Å². The second-order valence-electron chi connectivity index (χ2n) is 4.13. The van der Waals surface area contributed by atoms with Crippen molar-refractivity contribution in [3.63, 3.8) is 0 Å². The molecule has 1 aromatic rings. The number of amides is 1. The van der Waals surface area contributed by atoms with Gasteiger partial charge < -0.3 is 10.4 Å². The van der Waals surface area contributed by atoms with E-state index in [2.05, 4.69) is 5.32 Å². The van der Waals surface area contributed by atoms with E-state index in [1.54, 1.807) is 30.3 Å². The first kappa shape index (κ1) is 15.2. The summed E-state index contributed by atoms with van der Waals surface area (Å²) in [6.45, 7) is 1.28. The number of carbonyl (C=O) groups excluding carboxylic acids is 1. The van der Waals surface area contributed by atoms with Gasteiger partial charge in [-0.15, -0.1) is 0 Å². The highest BCUT2D eigenvalue weighted by molar-refractivity contribution is 7.92. The van der Waals surface area contributed by atoms with Gasteiger partial charge in [-0.2, -0.15) is 0 Å². The number of carbonyl (C=O) groups is 2. The molecule has 0 fully saturated rings. The van der Waals surface area contributed by atoms with Crippen LogP contribution in [0.2, 0.25) is 0 Å². The maximum Gasteiger partial charge on any atom is 0.304 e. The first-order chi connectivity index (χ1) is 8.81. The lowest BCUT2D eigenvalue weighted by Crippen LogP contribution is -2.30. The third-order valence-electron chi connectivity index (χ3n) is 2.46. The predicted octanol–water partition coefficient (Wildman–Crippen LogP) is 0.903. The molecule has 6 nitrogen and oxygen atoms in total. The first-order valence-corrected chi connectivity index (χ1v) is 7.31. The van der Waals surface area contributed by atoms with E-state index in [-0.39, 0.29) is 0 Å². The zero-order valence-electron chi connectivity index (χ0n) is 10.4. The van der Waals surface area contributed by atoms with Gasteiger partial charge in [-0.3, -0.25) is 9.59 Å². The van der Waals surface area contributed by atoms with Gasteiger partial charge in [-0.05, 0) is 19.1 Å². The summed E-state index contributed by atoms with van der Waals surface area (Å²) in [5.74, 6) is -2.61. The molecule has 0 bridgehead atoms. The van der Waals surface area contributed by atoms with Gasteiger partial charge in [0.05, 0.1) is 11.7 Å².